The SMILES string of the molecule is C=C1CC(C(C)C)CN1.CC(C)c1ccco1. The average molecular weight is 235 g/mol. The van der Waals surface area contributed by atoms with E-state index in [0.717, 1.165) is 24.1 Å². The zero-order valence-electron chi connectivity index (χ0n) is 11.5. The third-order valence-electron chi connectivity index (χ3n) is 3.18. The van der Waals surface area contributed by atoms with Crippen LogP contribution in [0.15, 0.2) is 35.1 Å². The highest BCUT2D eigenvalue weighted by Gasteiger charge is 2.19. The van der Waals surface area contributed by atoms with Gasteiger partial charge in [0.15, 0.2) is 0 Å². The molecule has 1 aliphatic rings. The summed E-state index contributed by atoms with van der Waals surface area (Å²) < 4.78 is 5.09. The standard InChI is InChI=1S/C8H15N.C7H10O/c1-6(2)8-4-7(3)9-5-8;1-6(2)7-4-3-5-8-7/h6,8-9H,3-5H2,1-2H3;3-6H,1-2H3. The molecule has 0 aliphatic carbocycles. The molecular formula is C15H25NO. The third kappa shape index (κ3) is 4.68. The van der Waals surface area contributed by atoms with E-state index >= 15 is 0 Å². The summed E-state index contributed by atoms with van der Waals surface area (Å²) in [4.78, 5) is 0. The molecule has 2 heterocycles. The predicted molar refractivity (Wildman–Crippen MR) is 72.9 cm³/mol. The summed E-state index contributed by atoms with van der Waals surface area (Å²) in [5.41, 5.74) is 1.22. The fourth-order valence-corrected chi connectivity index (χ4v) is 1.83. The molecule has 96 valence electrons. The van der Waals surface area contributed by atoms with E-state index < -0.39 is 0 Å². The van der Waals surface area contributed by atoms with Crippen LogP contribution in [-0.4, -0.2) is 6.54 Å². The number of furan rings is 1. The Labute approximate surface area is 105 Å². The molecule has 0 spiro atoms. The fourth-order valence-electron chi connectivity index (χ4n) is 1.83. The lowest BCUT2D eigenvalue weighted by Gasteiger charge is -2.10. The van der Waals surface area contributed by atoms with Gasteiger partial charge in [0.05, 0.1) is 6.26 Å². The summed E-state index contributed by atoms with van der Waals surface area (Å²) in [5, 5.41) is 3.26. The Kier molecular flexibility index (Phi) is 5.33. The maximum Gasteiger partial charge on any atom is 0.106 e. The minimum absolute atomic E-state index is 0.519. The van der Waals surface area contributed by atoms with E-state index in [-0.39, 0.29) is 0 Å². The molecule has 0 radical (unpaired) electrons. The highest BCUT2D eigenvalue weighted by atomic mass is 16.3. The van der Waals surface area contributed by atoms with Crippen LogP contribution in [0.3, 0.4) is 0 Å². The molecule has 2 rings (SSSR count). The molecular weight excluding hydrogens is 210 g/mol. The molecule has 0 amide bonds. The smallest absolute Gasteiger partial charge is 0.106 e. The van der Waals surface area contributed by atoms with Crippen molar-refractivity contribution in [3.05, 3.63) is 36.4 Å². The largest absolute Gasteiger partial charge is 0.469 e. The first-order chi connectivity index (χ1) is 8.00. The molecule has 1 atom stereocenters. The molecule has 2 nitrogen and oxygen atoms in total. The van der Waals surface area contributed by atoms with Gasteiger partial charge >= 0.3 is 0 Å². The van der Waals surface area contributed by atoms with Gasteiger partial charge in [-0.1, -0.05) is 34.3 Å². The minimum Gasteiger partial charge on any atom is -0.469 e. The van der Waals surface area contributed by atoms with E-state index in [0.29, 0.717) is 5.92 Å². The second-order valence-corrected chi connectivity index (χ2v) is 5.36. The summed E-state index contributed by atoms with van der Waals surface area (Å²) in [7, 11) is 0. The zero-order chi connectivity index (χ0) is 12.8. The first-order valence-electron chi connectivity index (χ1n) is 6.45. The van der Waals surface area contributed by atoms with Gasteiger partial charge in [0.25, 0.3) is 0 Å². The average Bonchev–Trinajstić information content (AvgIpc) is 2.87. The highest BCUT2D eigenvalue weighted by Crippen LogP contribution is 2.22. The van der Waals surface area contributed by atoms with Crippen LogP contribution in [0.1, 0.15) is 45.8 Å². The van der Waals surface area contributed by atoms with Gasteiger partial charge in [0.1, 0.15) is 5.76 Å². The maximum absolute atomic E-state index is 5.09. The number of hydrogen-bond acceptors (Lipinski definition) is 2. The number of nitrogens with one attached hydrogen (secondary N) is 1. The van der Waals surface area contributed by atoms with Crippen LogP contribution < -0.4 is 5.32 Å². The second-order valence-electron chi connectivity index (χ2n) is 5.36. The van der Waals surface area contributed by atoms with E-state index in [9.17, 15) is 0 Å². The van der Waals surface area contributed by atoms with Gasteiger partial charge in [-0.2, -0.15) is 0 Å². The molecule has 1 fully saturated rings. The highest BCUT2D eigenvalue weighted by molar-refractivity contribution is 5.02. The van der Waals surface area contributed by atoms with Crippen LogP contribution >= 0.6 is 0 Å². The van der Waals surface area contributed by atoms with Crippen molar-refractivity contribution in [1.82, 2.24) is 5.32 Å². The molecule has 1 saturated heterocycles. The van der Waals surface area contributed by atoms with Crippen molar-refractivity contribution >= 4 is 0 Å². The van der Waals surface area contributed by atoms with Crippen LogP contribution in [-0.2, 0) is 0 Å². The molecule has 0 bridgehead atoms. The number of hydrogen-bond donors (Lipinski definition) is 1. The maximum atomic E-state index is 5.09. The first-order valence-corrected chi connectivity index (χ1v) is 6.45. The molecule has 17 heavy (non-hydrogen) atoms. The van der Waals surface area contributed by atoms with Crippen LogP contribution in [0, 0.1) is 11.8 Å². The van der Waals surface area contributed by atoms with Crippen molar-refractivity contribution in [1.29, 1.82) is 0 Å². The van der Waals surface area contributed by atoms with Gasteiger partial charge in [-0.05, 0) is 30.4 Å². The van der Waals surface area contributed by atoms with Crippen LogP contribution in [0.5, 0.6) is 0 Å². The van der Waals surface area contributed by atoms with Gasteiger partial charge in [-0.25, -0.2) is 0 Å². The third-order valence-corrected chi connectivity index (χ3v) is 3.18. The van der Waals surface area contributed by atoms with Crippen LogP contribution in [0.2, 0.25) is 0 Å². The zero-order valence-corrected chi connectivity index (χ0v) is 11.5. The molecule has 1 aromatic rings. The summed E-state index contributed by atoms with van der Waals surface area (Å²) >= 11 is 0. The van der Waals surface area contributed by atoms with Gasteiger partial charge in [-0.15, -0.1) is 0 Å². The summed E-state index contributed by atoms with van der Waals surface area (Å²) in [6.45, 7) is 13.8. The molecule has 0 saturated carbocycles. The summed E-state index contributed by atoms with van der Waals surface area (Å²) in [6, 6.07) is 3.90. The molecule has 1 unspecified atom stereocenters. The van der Waals surface area contributed by atoms with Gasteiger partial charge < -0.3 is 9.73 Å². The van der Waals surface area contributed by atoms with Crippen LogP contribution in [0.4, 0.5) is 0 Å². The van der Waals surface area contributed by atoms with E-state index in [1.54, 1.807) is 6.26 Å². The monoisotopic (exact) mass is 235 g/mol. The van der Waals surface area contributed by atoms with E-state index in [2.05, 4.69) is 39.6 Å². The molecule has 2 heteroatoms. The molecule has 0 aromatic carbocycles. The van der Waals surface area contributed by atoms with Crippen molar-refractivity contribution in [3.63, 3.8) is 0 Å². The van der Waals surface area contributed by atoms with Gasteiger partial charge in [-0.3, -0.25) is 0 Å². The quantitative estimate of drug-likeness (QED) is 0.832. The second kappa shape index (κ2) is 6.53. The van der Waals surface area contributed by atoms with Crippen molar-refractivity contribution < 1.29 is 4.42 Å². The Bertz CT molecular complexity index is 325. The number of allylic oxidation sites excluding steroid dienone is 1. The van der Waals surface area contributed by atoms with Crippen molar-refractivity contribution in [2.45, 2.75) is 40.0 Å². The lowest BCUT2D eigenvalue weighted by Crippen LogP contribution is -2.12. The normalized spacial score (nSPS) is 19.2. The number of rotatable bonds is 2. The molecule has 1 N–H and O–H groups in total. The topological polar surface area (TPSA) is 25.2 Å². The van der Waals surface area contributed by atoms with E-state index in [1.165, 1.54) is 12.1 Å². The van der Waals surface area contributed by atoms with Gasteiger partial charge in [0, 0.05) is 18.2 Å². The van der Waals surface area contributed by atoms with Crippen LogP contribution in [0.25, 0.3) is 0 Å². The molecule has 1 aromatic heterocycles. The Morgan fingerprint density at radius 2 is 2.06 bits per heavy atom. The Hall–Kier alpha value is -1.18. The lowest BCUT2D eigenvalue weighted by molar-refractivity contribution is 0.422. The Morgan fingerprint density at radius 1 is 1.35 bits per heavy atom. The van der Waals surface area contributed by atoms with Crippen molar-refractivity contribution in [2.75, 3.05) is 6.54 Å². The Morgan fingerprint density at radius 3 is 2.29 bits per heavy atom. The fraction of sp³-hybridized carbons (Fsp3) is 0.600. The Balaban J connectivity index is 0.000000171. The summed E-state index contributed by atoms with van der Waals surface area (Å²) in [6.07, 6.45) is 2.88. The first kappa shape index (κ1) is 13.9. The van der Waals surface area contributed by atoms with E-state index in [4.69, 9.17) is 4.42 Å². The minimum atomic E-state index is 0.519. The molecule has 1 aliphatic heterocycles. The lowest BCUT2D eigenvalue weighted by atomic mass is 9.95. The summed E-state index contributed by atoms with van der Waals surface area (Å²) in [5.74, 6) is 3.21. The van der Waals surface area contributed by atoms with Crippen molar-refractivity contribution in [3.8, 4) is 0 Å². The van der Waals surface area contributed by atoms with Gasteiger partial charge in [0.2, 0.25) is 0 Å². The predicted octanol–water partition coefficient (Wildman–Crippen LogP) is 4.17. The van der Waals surface area contributed by atoms with Crippen molar-refractivity contribution in [2.24, 2.45) is 11.8 Å². The van der Waals surface area contributed by atoms with E-state index in [1.807, 2.05) is 12.1 Å².